The molecule has 0 radical (unpaired) electrons. The highest BCUT2D eigenvalue weighted by Crippen LogP contribution is 2.32. The maximum Gasteiger partial charge on any atom is 0.331 e. The van der Waals surface area contributed by atoms with Crippen LogP contribution in [0.2, 0.25) is 0 Å². The molecule has 0 aromatic heterocycles. The first kappa shape index (κ1) is 20.3. The Morgan fingerprint density at radius 2 is 1.93 bits per heavy atom. The van der Waals surface area contributed by atoms with Crippen molar-refractivity contribution >= 4 is 18.0 Å². The number of esters is 1. The van der Waals surface area contributed by atoms with Crippen molar-refractivity contribution in [2.75, 3.05) is 27.1 Å². The highest BCUT2D eigenvalue weighted by molar-refractivity contribution is 5.89. The van der Waals surface area contributed by atoms with Gasteiger partial charge in [-0.25, -0.2) is 4.79 Å². The minimum Gasteiger partial charge on any atom is -0.496 e. The number of methoxy groups -OCH3 is 1. The molecule has 7 heteroatoms. The third-order valence-electron chi connectivity index (χ3n) is 4.42. The monoisotopic (exact) mass is 397 g/mol. The summed E-state index contributed by atoms with van der Waals surface area (Å²) < 4.78 is 21.0. The van der Waals surface area contributed by atoms with Crippen LogP contribution in [0.1, 0.15) is 18.1 Å². The lowest BCUT2D eigenvalue weighted by molar-refractivity contribution is -0.148. The first-order valence-electron chi connectivity index (χ1n) is 9.25. The summed E-state index contributed by atoms with van der Waals surface area (Å²) in [7, 11) is 1.56. The molecule has 0 bridgehead atoms. The number of nitrogens with zero attached hydrogens (tertiary/aromatic N) is 1. The fourth-order valence-electron chi connectivity index (χ4n) is 2.87. The minimum absolute atomic E-state index is 0.202. The summed E-state index contributed by atoms with van der Waals surface area (Å²) in [6.07, 6.45) is 2.87. The highest BCUT2D eigenvalue weighted by atomic mass is 16.7. The number of benzene rings is 2. The lowest BCUT2D eigenvalue weighted by Crippen LogP contribution is -2.33. The predicted octanol–water partition coefficient (Wildman–Crippen LogP) is 3.03. The van der Waals surface area contributed by atoms with Gasteiger partial charge in [-0.15, -0.1) is 0 Å². The molecule has 0 saturated carbocycles. The van der Waals surface area contributed by atoms with Crippen LogP contribution in [0.3, 0.4) is 0 Å². The summed E-state index contributed by atoms with van der Waals surface area (Å²) >= 11 is 0. The Balaban J connectivity index is 1.53. The number of para-hydroxylation sites is 1. The number of likely N-dealkylation sites (N-methyl/N-ethyl adjacent to an activating group) is 1. The van der Waals surface area contributed by atoms with Crippen molar-refractivity contribution in [1.82, 2.24) is 4.90 Å². The van der Waals surface area contributed by atoms with E-state index in [9.17, 15) is 9.59 Å². The lowest BCUT2D eigenvalue weighted by Gasteiger charge is -2.20. The van der Waals surface area contributed by atoms with E-state index < -0.39 is 5.97 Å². The molecule has 152 valence electrons. The zero-order valence-electron chi connectivity index (χ0n) is 16.4. The highest BCUT2D eigenvalue weighted by Gasteiger charge is 2.17. The molecule has 7 nitrogen and oxygen atoms in total. The minimum atomic E-state index is -0.594. The van der Waals surface area contributed by atoms with Crippen molar-refractivity contribution < 1.29 is 28.5 Å². The molecule has 0 aliphatic carbocycles. The van der Waals surface area contributed by atoms with Crippen LogP contribution in [0, 0.1) is 0 Å². The Hall–Kier alpha value is -3.48. The van der Waals surface area contributed by atoms with Gasteiger partial charge in [0.15, 0.2) is 18.1 Å². The van der Waals surface area contributed by atoms with Crippen molar-refractivity contribution in [1.29, 1.82) is 0 Å². The van der Waals surface area contributed by atoms with Crippen LogP contribution < -0.4 is 14.2 Å². The zero-order valence-corrected chi connectivity index (χ0v) is 16.4. The molecule has 1 amide bonds. The average Bonchev–Trinajstić information content (AvgIpc) is 3.22. The van der Waals surface area contributed by atoms with Gasteiger partial charge in [-0.2, -0.15) is 0 Å². The fourth-order valence-corrected chi connectivity index (χ4v) is 2.87. The van der Waals surface area contributed by atoms with Crippen LogP contribution in [0.15, 0.2) is 48.5 Å². The van der Waals surface area contributed by atoms with E-state index in [0.29, 0.717) is 30.3 Å². The van der Waals surface area contributed by atoms with Crippen molar-refractivity contribution in [3.8, 4) is 17.2 Å². The van der Waals surface area contributed by atoms with Gasteiger partial charge >= 0.3 is 5.97 Å². The molecule has 0 spiro atoms. The smallest absolute Gasteiger partial charge is 0.331 e. The maximum absolute atomic E-state index is 12.4. The molecule has 2 aromatic rings. The Morgan fingerprint density at radius 1 is 1.14 bits per heavy atom. The number of amides is 1. The normalized spacial score (nSPS) is 12.1. The van der Waals surface area contributed by atoms with E-state index in [-0.39, 0.29) is 19.3 Å². The van der Waals surface area contributed by atoms with Crippen molar-refractivity contribution in [2.45, 2.75) is 13.5 Å². The number of ether oxygens (including phenoxy) is 4. The standard InChI is InChI=1S/C22H23NO6/c1-3-23(13-16-8-10-19-20(12-16)29-15-28-19)21(24)14-27-22(25)11-9-17-6-4-5-7-18(17)26-2/h4-12H,3,13-15H2,1-2H3/b11-9+. The SMILES string of the molecule is CCN(Cc1ccc2c(c1)OCO2)C(=O)COC(=O)/C=C/c1ccccc1OC. The van der Waals surface area contributed by atoms with Gasteiger partial charge in [0.25, 0.3) is 5.91 Å². The summed E-state index contributed by atoms with van der Waals surface area (Å²) in [6.45, 7) is 2.62. The molecule has 1 aliphatic rings. The summed E-state index contributed by atoms with van der Waals surface area (Å²) in [4.78, 5) is 26.0. The van der Waals surface area contributed by atoms with Gasteiger partial charge in [0.05, 0.1) is 7.11 Å². The molecule has 2 aromatic carbocycles. The van der Waals surface area contributed by atoms with E-state index in [1.54, 1.807) is 24.2 Å². The second kappa shape index (κ2) is 9.64. The van der Waals surface area contributed by atoms with E-state index in [4.69, 9.17) is 18.9 Å². The van der Waals surface area contributed by atoms with E-state index in [0.717, 1.165) is 11.1 Å². The van der Waals surface area contributed by atoms with E-state index in [1.807, 2.05) is 43.3 Å². The van der Waals surface area contributed by atoms with Gasteiger partial charge in [0, 0.05) is 24.7 Å². The summed E-state index contributed by atoms with van der Waals surface area (Å²) in [5.74, 6) is 1.14. The van der Waals surface area contributed by atoms with E-state index in [2.05, 4.69) is 0 Å². The second-order valence-electron chi connectivity index (χ2n) is 6.28. The van der Waals surface area contributed by atoms with Crippen LogP contribution in [0.4, 0.5) is 0 Å². The van der Waals surface area contributed by atoms with Crippen molar-refractivity contribution in [2.24, 2.45) is 0 Å². The van der Waals surface area contributed by atoms with Gasteiger partial charge in [-0.3, -0.25) is 4.79 Å². The molecule has 0 atom stereocenters. The third kappa shape index (κ3) is 5.28. The van der Waals surface area contributed by atoms with Crippen molar-refractivity contribution in [3.63, 3.8) is 0 Å². The number of rotatable bonds is 8. The Labute approximate surface area is 169 Å². The van der Waals surface area contributed by atoms with Gasteiger partial charge < -0.3 is 23.8 Å². The number of carbonyl (C=O) groups excluding carboxylic acids is 2. The van der Waals surface area contributed by atoms with E-state index >= 15 is 0 Å². The number of carbonyl (C=O) groups is 2. The molecular weight excluding hydrogens is 374 g/mol. The van der Waals surface area contributed by atoms with E-state index in [1.165, 1.54) is 6.08 Å². The maximum atomic E-state index is 12.4. The average molecular weight is 397 g/mol. The zero-order chi connectivity index (χ0) is 20.6. The fraction of sp³-hybridized carbons (Fsp3) is 0.273. The third-order valence-corrected chi connectivity index (χ3v) is 4.42. The Kier molecular flexibility index (Phi) is 6.73. The van der Waals surface area contributed by atoms with Crippen LogP contribution in [-0.4, -0.2) is 43.8 Å². The molecule has 0 fully saturated rings. The molecule has 1 heterocycles. The number of hydrogen-bond acceptors (Lipinski definition) is 6. The largest absolute Gasteiger partial charge is 0.496 e. The van der Waals surface area contributed by atoms with Crippen LogP contribution in [0.25, 0.3) is 6.08 Å². The molecule has 29 heavy (non-hydrogen) atoms. The molecule has 1 aliphatic heterocycles. The summed E-state index contributed by atoms with van der Waals surface area (Å²) in [5.41, 5.74) is 1.66. The van der Waals surface area contributed by atoms with Crippen LogP contribution >= 0.6 is 0 Å². The number of fused-ring (bicyclic) bond motifs is 1. The van der Waals surface area contributed by atoms with Crippen LogP contribution in [0.5, 0.6) is 17.2 Å². The Bertz CT molecular complexity index is 908. The molecule has 0 N–H and O–H groups in total. The molecular formula is C22H23NO6. The van der Waals surface area contributed by atoms with Gasteiger partial charge in [-0.05, 0) is 36.8 Å². The second-order valence-corrected chi connectivity index (χ2v) is 6.28. The quantitative estimate of drug-likeness (QED) is 0.504. The molecule has 3 rings (SSSR count). The topological polar surface area (TPSA) is 74.3 Å². The predicted molar refractivity (Wildman–Crippen MR) is 107 cm³/mol. The molecule has 0 saturated heterocycles. The van der Waals surface area contributed by atoms with Crippen LogP contribution in [-0.2, 0) is 20.9 Å². The summed E-state index contributed by atoms with van der Waals surface area (Å²) in [6, 6.07) is 12.8. The number of hydrogen-bond donors (Lipinski definition) is 0. The van der Waals surface area contributed by atoms with Gasteiger partial charge in [0.2, 0.25) is 6.79 Å². The van der Waals surface area contributed by atoms with Gasteiger partial charge in [-0.1, -0.05) is 24.3 Å². The lowest BCUT2D eigenvalue weighted by atomic mass is 10.2. The molecule has 0 unspecified atom stereocenters. The first-order valence-corrected chi connectivity index (χ1v) is 9.25. The van der Waals surface area contributed by atoms with Gasteiger partial charge in [0.1, 0.15) is 5.75 Å². The van der Waals surface area contributed by atoms with Crippen molar-refractivity contribution in [3.05, 3.63) is 59.7 Å². The summed E-state index contributed by atoms with van der Waals surface area (Å²) in [5, 5.41) is 0. The Morgan fingerprint density at radius 3 is 2.72 bits per heavy atom. The first-order chi connectivity index (χ1) is 14.1.